The summed E-state index contributed by atoms with van der Waals surface area (Å²) in [6.07, 6.45) is 1.46. The fourth-order valence-corrected chi connectivity index (χ4v) is 3.13. The van der Waals surface area contributed by atoms with E-state index in [1.165, 1.54) is 25.3 Å². The quantitative estimate of drug-likeness (QED) is 0.516. The van der Waals surface area contributed by atoms with E-state index in [9.17, 15) is 14.4 Å². The molecule has 0 aliphatic carbocycles. The van der Waals surface area contributed by atoms with Crippen LogP contribution in [-0.2, 0) is 16.1 Å². The van der Waals surface area contributed by atoms with Gasteiger partial charge in [-0.1, -0.05) is 41.4 Å². The molecule has 2 aromatic rings. The lowest BCUT2D eigenvalue weighted by Gasteiger charge is -2.12. The third-order valence-electron chi connectivity index (χ3n) is 4.33. The summed E-state index contributed by atoms with van der Waals surface area (Å²) >= 11 is 6.19. The summed E-state index contributed by atoms with van der Waals surface area (Å²) in [6.45, 7) is 1.52. The lowest BCUT2D eigenvalue weighted by atomic mass is 10.1. The summed E-state index contributed by atoms with van der Waals surface area (Å²) in [7, 11) is 1.38. The van der Waals surface area contributed by atoms with Crippen LogP contribution in [0.15, 0.2) is 42.1 Å². The van der Waals surface area contributed by atoms with Crippen molar-refractivity contribution in [2.24, 2.45) is 0 Å². The lowest BCUT2D eigenvalue weighted by molar-refractivity contribution is -0.139. The third-order valence-corrected chi connectivity index (χ3v) is 4.61. The molecule has 3 rings (SSSR count). The molecule has 30 heavy (non-hydrogen) atoms. The highest BCUT2D eigenvalue weighted by Crippen LogP contribution is 2.37. The SMILES string of the molecule is COc1cc(/C=C2/NC(=O)N(Cc3ccc(C)cc3)C2=O)cc(Cl)c1OCC(=O)O. The Labute approximate surface area is 177 Å². The van der Waals surface area contributed by atoms with Gasteiger partial charge in [0.15, 0.2) is 18.1 Å². The molecule has 1 fully saturated rings. The minimum Gasteiger partial charge on any atom is -0.493 e. The first-order chi connectivity index (χ1) is 14.3. The van der Waals surface area contributed by atoms with Crippen molar-refractivity contribution in [3.05, 3.63) is 63.8 Å². The molecule has 1 saturated heterocycles. The molecule has 1 aliphatic heterocycles. The molecule has 0 unspecified atom stereocenters. The van der Waals surface area contributed by atoms with Crippen LogP contribution in [0.3, 0.4) is 0 Å². The number of carbonyl (C=O) groups is 3. The van der Waals surface area contributed by atoms with Crippen molar-refractivity contribution in [1.82, 2.24) is 10.2 Å². The van der Waals surface area contributed by atoms with E-state index in [2.05, 4.69) is 5.32 Å². The molecule has 156 valence electrons. The van der Waals surface area contributed by atoms with E-state index < -0.39 is 24.5 Å². The van der Waals surface area contributed by atoms with Crippen LogP contribution >= 0.6 is 11.6 Å². The van der Waals surface area contributed by atoms with E-state index in [-0.39, 0.29) is 28.8 Å². The van der Waals surface area contributed by atoms with E-state index in [4.69, 9.17) is 26.2 Å². The number of methoxy groups -OCH3 is 1. The molecule has 3 amide bonds. The van der Waals surface area contributed by atoms with Gasteiger partial charge in [0.05, 0.1) is 18.7 Å². The number of rotatable bonds is 7. The molecular weight excluding hydrogens is 412 g/mol. The van der Waals surface area contributed by atoms with Crippen molar-refractivity contribution >= 4 is 35.6 Å². The fourth-order valence-electron chi connectivity index (χ4n) is 2.86. The van der Waals surface area contributed by atoms with E-state index >= 15 is 0 Å². The molecule has 0 atom stereocenters. The molecule has 9 heteroatoms. The maximum atomic E-state index is 12.7. The van der Waals surface area contributed by atoms with Crippen LogP contribution < -0.4 is 14.8 Å². The molecule has 0 aromatic heterocycles. The van der Waals surface area contributed by atoms with Gasteiger partial charge in [-0.15, -0.1) is 0 Å². The van der Waals surface area contributed by atoms with Gasteiger partial charge in [-0.2, -0.15) is 0 Å². The number of urea groups is 1. The summed E-state index contributed by atoms with van der Waals surface area (Å²) in [5.74, 6) is -1.36. The van der Waals surface area contributed by atoms with Crippen molar-refractivity contribution in [2.75, 3.05) is 13.7 Å². The first-order valence-corrected chi connectivity index (χ1v) is 9.28. The van der Waals surface area contributed by atoms with Gasteiger partial charge in [-0.25, -0.2) is 9.59 Å². The van der Waals surface area contributed by atoms with Crippen LogP contribution in [0.2, 0.25) is 5.02 Å². The zero-order valence-electron chi connectivity index (χ0n) is 16.3. The highest BCUT2D eigenvalue weighted by Gasteiger charge is 2.33. The predicted molar refractivity (Wildman–Crippen MR) is 109 cm³/mol. The fraction of sp³-hybridized carbons (Fsp3) is 0.190. The maximum Gasteiger partial charge on any atom is 0.341 e. The molecule has 0 saturated carbocycles. The Morgan fingerprint density at radius 3 is 2.57 bits per heavy atom. The smallest absolute Gasteiger partial charge is 0.341 e. The van der Waals surface area contributed by atoms with E-state index in [1.54, 1.807) is 0 Å². The van der Waals surface area contributed by atoms with Gasteiger partial charge < -0.3 is 19.9 Å². The number of benzene rings is 2. The molecule has 0 spiro atoms. The molecule has 2 N–H and O–H groups in total. The number of nitrogens with one attached hydrogen (secondary N) is 1. The molecule has 1 aliphatic rings. The normalized spacial score (nSPS) is 14.8. The predicted octanol–water partition coefficient (Wildman–Crippen LogP) is 3.21. The standard InChI is InChI=1S/C21H19ClN2O6/c1-12-3-5-13(6-4-12)10-24-20(27)16(23-21(24)28)8-14-7-15(22)19(17(9-14)29-2)30-11-18(25)26/h3-9H,10-11H2,1-2H3,(H,23,28)(H,25,26)/b16-8+. The Balaban J connectivity index is 1.83. The van der Waals surface area contributed by atoms with Gasteiger partial charge in [-0.05, 0) is 36.3 Å². The first kappa shape index (κ1) is 21.2. The second-order valence-electron chi connectivity index (χ2n) is 6.58. The van der Waals surface area contributed by atoms with Gasteiger partial charge in [0, 0.05) is 0 Å². The van der Waals surface area contributed by atoms with Crippen LogP contribution in [0.25, 0.3) is 6.08 Å². The van der Waals surface area contributed by atoms with E-state index in [0.29, 0.717) is 5.56 Å². The summed E-state index contributed by atoms with van der Waals surface area (Å²) in [6, 6.07) is 10.0. The number of aliphatic carboxylic acids is 1. The average molecular weight is 431 g/mol. The second-order valence-corrected chi connectivity index (χ2v) is 6.99. The van der Waals surface area contributed by atoms with Gasteiger partial charge in [0.2, 0.25) is 0 Å². The number of carboxylic acid groups (broad SMARTS) is 1. The Hall–Kier alpha value is -3.52. The van der Waals surface area contributed by atoms with Gasteiger partial charge in [0.25, 0.3) is 5.91 Å². The summed E-state index contributed by atoms with van der Waals surface area (Å²) in [4.78, 5) is 36.8. The minimum absolute atomic E-state index is 0.0755. The van der Waals surface area contributed by atoms with Gasteiger partial charge in [0.1, 0.15) is 5.70 Å². The topological polar surface area (TPSA) is 105 Å². The van der Waals surface area contributed by atoms with Crippen LogP contribution in [0, 0.1) is 6.92 Å². The number of amides is 3. The Kier molecular flexibility index (Phi) is 6.27. The molecule has 2 aromatic carbocycles. The molecule has 8 nitrogen and oxygen atoms in total. The van der Waals surface area contributed by atoms with Crippen molar-refractivity contribution in [3.8, 4) is 11.5 Å². The van der Waals surface area contributed by atoms with E-state index in [0.717, 1.165) is 16.0 Å². The highest BCUT2D eigenvalue weighted by atomic mass is 35.5. The average Bonchev–Trinajstić information content (AvgIpc) is 2.95. The molecule has 0 bridgehead atoms. The number of imide groups is 1. The van der Waals surface area contributed by atoms with Crippen LogP contribution in [0.1, 0.15) is 16.7 Å². The summed E-state index contributed by atoms with van der Waals surface area (Å²) in [5.41, 5.74) is 2.47. The minimum atomic E-state index is -1.16. The number of hydrogen-bond donors (Lipinski definition) is 2. The van der Waals surface area contributed by atoms with Crippen LogP contribution in [-0.4, -0.2) is 41.6 Å². The van der Waals surface area contributed by atoms with Crippen molar-refractivity contribution in [3.63, 3.8) is 0 Å². The molecule has 0 radical (unpaired) electrons. The summed E-state index contributed by atoms with van der Waals surface area (Å²) < 4.78 is 10.4. The van der Waals surface area contributed by atoms with E-state index in [1.807, 2.05) is 31.2 Å². The lowest BCUT2D eigenvalue weighted by Crippen LogP contribution is -2.30. The van der Waals surface area contributed by atoms with Gasteiger partial charge >= 0.3 is 12.0 Å². The van der Waals surface area contributed by atoms with Crippen molar-refractivity contribution < 1.29 is 29.0 Å². The number of aryl methyl sites for hydroxylation is 1. The Bertz CT molecular complexity index is 1030. The van der Waals surface area contributed by atoms with Crippen molar-refractivity contribution in [1.29, 1.82) is 0 Å². The highest BCUT2D eigenvalue weighted by molar-refractivity contribution is 6.32. The maximum absolute atomic E-state index is 12.7. The zero-order chi connectivity index (χ0) is 21.8. The van der Waals surface area contributed by atoms with Gasteiger partial charge in [-0.3, -0.25) is 9.69 Å². The number of carbonyl (C=O) groups excluding carboxylic acids is 2. The number of halogens is 1. The number of hydrogen-bond acceptors (Lipinski definition) is 5. The summed E-state index contributed by atoms with van der Waals surface area (Å²) in [5, 5.41) is 11.4. The largest absolute Gasteiger partial charge is 0.493 e. The van der Waals surface area contributed by atoms with Crippen LogP contribution in [0.4, 0.5) is 4.79 Å². The third kappa shape index (κ3) is 4.72. The number of nitrogens with zero attached hydrogens (tertiary/aromatic N) is 1. The monoisotopic (exact) mass is 430 g/mol. The molecular formula is C21H19ClN2O6. The number of ether oxygens (including phenoxy) is 2. The zero-order valence-corrected chi connectivity index (χ0v) is 17.0. The number of carboxylic acids is 1. The second kappa shape index (κ2) is 8.87. The molecule has 1 heterocycles. The van der Waals surface area contributed by atoms with Crippen molar-refractivity contribution in [2.45, 2.75) is 13.5 Å². The Morgan fingerprint density at radius 2 is 1.93 bits per heavy atom. The Morgan fingerprint density at radius 1 is 1.23 bits per heavy atom. The van der Waals surface area contributed by atoms with Crippen LogP contribution in [0.5, 0.6) is 11.5 Å². The first-order valence-electron chi connectivity index (χ1n) is 8.90.